The molecule has 0 spiro atoms. The third kappa shape index (κ3) is 2.71. The fourth-order valence-electron chi connectivity index (χ4n) is 2.53. The number of imidazole rings is 1. The summed E-state index contributed by atoms with van der Waals surface area (Å²) in [5.74, 6) is 0. The van der Waals surface area contributed by atoms with Crippen molar-refractivity contribution in [2.45, 2.75) is 13.8 Å². The Balaban J connectivity index is 1.80. The highest BCUT2D eigenvalue weighted by Crippen LogP contribution is 2.35. The molecule has 0 unspecified atom stereocenters. The van der Waals surface area contributed by atoms with Gasteiger partial charge in [-0.2, -0.15) is 0 Å². The van der Waals surface area contributed by atoms with Crippen molar-refractivity contribution in [2.75, 3.05) is 0 Å². The molecule has 4 rings (SSSR count). The molecule has 4 aromatic rings. The molecule has 0 atom stereocenters. The minimum Gasteiger partial charge on any atom is -0.305 e. The maximum absolute atomic E-state index is 4.73. The Kier molecular flexibility index (Phi) is 3.54. The van der Waals surface area contributed by atoms with Crippen molar-refractivity contribution < 1.29 is 0 Å². The lowest BCUT2D eigenvalue weighted by molar-refractivity contribution is 1.17. The van der Waals surface area contributed by atoms with E-state index in [1.165, 1.54) is 5.56 Å². The molecule has 23 heavy (non-hydrogen) atoms. The van der Waals surface area contributed by atoms with Crippen LogP contribution in [0.4, 0.5) is 0 Å². The van der Waals surface area contributed by atoms with Crippen molar-refractivity contribution >= 4 is 32.9 Å². The van der Waals surface area contributed by atoms with Crippen LogP contribution in [0, 0.1) is 13.8 Å². The van der Waals surface area contributed by atoms with Gasteiger partial charge in [0.25, 0.3) is 0 Å². The first kappa shape index (κ1) is 14.6. The molecule has 3 heterocycles. The Morgan fingerprint density at radius 2 is 1.74 bits per heavy atom. The van der Waals surface area contributed by atoms with Crippen LogP contribution in [-0.4, -0.2) is 14.4 Å². The van der Waals surface area contributed by atoms with Crippen LogP contribution in [0.5, 0.6) is 0 Å². The van der Waals surface area contributed by atoms with E-state index in [0.717, 1.165) is 37.0 Å². The molecule has 0 radical (unpaired) electrons. The number of nitrogens with zero attached hydrogens (tertiary/aromatic N) is 3. The highest BCUT2D eigenvalue weighted by atomic mass is 79.9. The first-order chi connectivity index (χ1) is 11.1. The lowest BCUT2D eigenvalue weighted by Gasteiger charge is -1.96. The lowest BCUT2D eigenvalue weighted by Crippen LogP contribution is -1.80. The van der Waals surface area contributed by atoms with Crippen LogP contribution in [0.25, 0.3) is 26.8 Å². The zero-order chi connectivity index (χ0) is 16.0. The average Bonchev–Trinajstić information content (AvgIpc) is 3.10. The summed E-state index contributed by atoms with van der Waals surface area (Å²) in [7, 11) is 0. The molecule has 0 aliphatic rings. The van der Waals surface area contributed by atoms with Gasteiger partial charge in [-0.3, -0.25) is 0 Å². The summed E-state index contributed by atoms with van der Waals surface area (Å²) in [4.78, 5) is 10.6. The molecule has 1 aromatic carbocycles. The van der Waals surface area contributed by atoms with E-state index in [9.17, 15) is 0 Å². The second-order valence-corrected chi connectivity index (χ2v) is 7.45. The number of rotatable bonds is 2. The number of fused-ring (bicyclic) bond motifs is 1. The number of hydrogen-bond donors (Lipinski definition) is 0. The standard InChI is InChI=1S/C18H14BrN3S/c1-11-3-5-13(6-4-11)18-20-12(2)17(23-18)15-10-22-9-14(19)7-8-16(22)21-15/h3-10H,1-2H3. The van der Waals surface area contributed by atoms with Crippen molar-refractivity contribution in [3.8, 4) is 21.1 Å². The summed E-state index contributed by atoms with van der Waals surface area (Å²) in [5, 5.41) is 1.04. The molecule has 3 nitrogen and oxygen atoms in total. The Hall–Kier alpha value is -1.98. The van der Waals surface area contributed by atoms with Crippen LogP contribution in [0.3, 0.4) is 0 Å². The molecule has 0 amide bonds. The predicted octanol–water partition coefficient (Wildman–Crippen LogP) is 5.50. The van der Waals surface area contributed by atoms with E-state index in [1.54, 1.807) is 11.3 Å². The molecule has 3 aromatic heterocycles. The average molecular weight is 384 g/mol. The maximum atomic E-state index is 4.73. The largest absolute Gasteiger partial charge is 0.305 e. The van der Waals surface area contributed by atoms with Crippen LogP contribution in [0.15, 0.2) is 53.3 Å². The number of halogens is 1. The molecular weight excluding hydrogens is 370 g/mol. The SMILES string of the molecule is Cc1ccc(-c2nc(C)c(-c3cn4cc(Br)ccc4n3)s2)cc1. The molecule has 0 bridgehead atoms. The van der Waals surface area contributed by atoms with Gasteiger partial charge in [0.1, 0.15) is 16.3 Å². The summed E-state index contributed by atoms with van der Waals surface area (Å²) < 4.78 is 3.07. The Bertz CT molecular complexity index is 999. The van der Waals surface area contributed by atoms with Crippen LogP contribution >= 0.6 is 27.3 Å². The third-order valence-corrected chi connectivity index (χ3v) is 5.44. The second kappa shape index (κ2) is 5.58. The van der Waals surface area contributed by atoms with Crippen molar-refractivity contribution in [3.63, 3.8) is 0 Å². The van der Waals surface area contributed by atoms with E-state index in [1.807, 2.05) is 29.7 Å². The zero-order valence-corrected chi connectivity index (χ0v) is 15.1. The van der Waals surface area contributed by atoms with Gasteiger partial charge in [-0.1, -0.05) is 29.8 Å². The highest BCUT2D eigenvalue weighted by molar-refractivity contribution is 9.10. The van der Waals surface area contributed by atoms with Gasteiger partial charge in [0.15, 0.2) is 0 Å². The maximum Gasteiger partial charge on any atom is 0.137 e. The van der Waals surface area contributed by atoms with Gasteiger partial charge in [0, 0.05) is 22.4 Å². The smallest absolute Gasteiger partial charge is 0.137 e. The summed E-state index contributed by atoms with van der Waals surface area (Å²) in [5.41, 5.74) is 5.34. The minimum atomic E-state index is 0.938. The fourth-order valence-corrected chi connectivity index (χ4v) is 3.91. The minimum absolute atomic E-state index is 0.938. The molecule has 0 aliphatic heterocycles. The van der Waals surface area contributed by atoms with Gasteiger partial charge in [-0.05, 0) is 41.9 Å². The monoisotopic (exact) mass is 383 g/mol. The van der Waals surface area contributed by atoms with Crippen LogP contribution in [0.1, 0.15) is 11.3 Å². The molecule has 5 heteroatoms. The number of aromatic nitrogens is 3. The van der Waals surface area contributed by atoms with Crippen molar-refractivity contribution in [1.29, 1.82) is 0 Å². The van der Waals surface area contributed by atoms with E-state index in [4.69, 9.17) is 9.97 Å². The number of hydrogen-bond acceptors (Lipinski definition) is 3. The summed E-state index contributed by atoms with van der Waals surface area (Å²) in [6.07, 6.45) is 4.07. The first-order valence-electron chi connectivity index (χ1n) is 7.29. The Morgan fingerprint density at radius 3 is 2.52 bits per heavy atom. The van der Waals surface area contributed by atoms with E-state index >= 15 is 0 Å². The van der Waals surface area contributed by atoms with Gasteiger partial charge < -0.3 is 4.40 Å². The van der Waals surface area contributed by atoms with E-state index in [0.29, 0.717) is 0 Å². The van der Waals surface area contributed by atoms with E-state index in [2.05, 4.69) is 53.3 Å². The lowest BCUT2D eigenvalue weighted by atomic mass is 10.2. The molecule has 0 aliphatic carbocycles. The first-order valence-corrected chi connectivity index (χ1v) is 8.90. The third-order valence-electron chi connectivity index (χ3n) is 3.74. The molecule has 0 N–H and O–H groups in total. The molecular formula is C18H14BrN3S. The predicted molar refractivity (Wildman–Crippen MR) is 98.9 cm³/mol. The Morgan fingerprint density at radius 1 is 0.957 bits per heavy atom. The number of benzene rings is 1. The molecule has 0 fully saturated rings. The second-order valence-electron chi connectivity index (χ2n) is 5.54. The summed E-state index contributed by atoms with van der Waals surface area (Å²) >= 11 is 5.19. The summed E-state index contributed by atoms with van der Waals surface area (Å²) in [6, 6.07) is 12.5. The number of thiazole rings is 1. The fraction of sp³-hybridized carbons (Fsp3) is 0.111. The van der Waals surface area contributed by atoms with Crippen molar-refractivity contribution in [1.82, 2.24) is 14.4 Å². The summed E-state index contributed by atoms with van der Waals surface area (Å²) in [6.45, 7) is 4.14. The highest BCUT2D eigenvalue weighted by Gasteiger charge is 2.14. The quantitative estimate of drug-likeness (QED) is 0.457. The van der Waals surface area contributed by atoms with Crippen LogP contribution < -0.4 is 0 Å². The Labute approximate surface area is 146 Å². The van der Waals surface area contributed by atoms with Crippen LogP contribution in [-0.2, 0) is 0 Å². The normalized spacial score (nSPS) is 11.3. The molecule has 0 saturated heterocycles. The van der Waals surface area contributed by atoms with Crippen molar-refractivity contribution in [3.05, 3.63) is 64.5 Å². The van der Waals surface area contributed by atoms with Crippen LogP contribution in [0.2, 0.25) is 0 Å². The van der Waals surface area contributed by atoms with Gasteiger partial charge in [0.2, 0.25) is 0 Å². The van der Waals surface area contributed by atoms with Gasteiger partial charge in [0.05, 0.1) is 10.6 Å². The van der Waals surface area contributed by atoms with Gasteiger partial charge >= 0.3 is 0 Å². The van der Waals surface area contributed by atoms with E-state index in [-0.39, 0.29) is 0 Å². The zero-order valence-electron chi connectivity index (χ0n) is 12.7. The molecule has 0 saturated carbocycles. The van der Waals surface area contributed by atoms with Crippen molar-refractivity contribution in [2.24, 2.45) is 0 Å². The topological polar surface area (TPSA) is 30.2 Å². The van der Waals surface area contributed by atoms with Gasteiger partial charge in [-0.25, -0.2) is 9.97 Å². The van der Waals surface area contributed by atoms with Gasteiger partial charge in [-0.15, -0.1) is 11.3 Å². The van der Waals surface area contributed by atoms with E-state index < -0.39 is 0 Å². The number of pyridine rings is 1. The number of aryl methyl sites for hydroxylation is 2. The molecule has 114 valence electrons.